The fourth-order valence-corrected chi connectivity index (χ4v) is 2.90. The molecule has 0 aliphatic carbocycles. The first-order valence-electron chi connectivity index (χ1n) is 5.76. The molecular weight excluding hydrogens is 317 g/mol. The molecule has 0 atom stereocenters. The molecule has 0 unspecified atom stereocenters. The van der Waals surface area contributed by atoms with Crippen LogP contribution in [-0.4, -0.2) is 21.2 Å². The number of halogens is 4. The molecule has 0 aliphatic rings. The molecule has 0 fully saturated rings. The Morgan fingerprint density at radius 1 is 1.20 bits per heavy atom. The predicted octanol–water partition coefficient (Wildman–Crippen LogP) is 3.95. The van der Waals surface area contributed by atoms with Gasteiger partial charge in [-0.25, -0.2) is 8.42 Å². The third-order valence-electron chi connectivity index (χ3n) is 2.60. The van der Waals surface area contributed by atoms with Crippen molar-refractivity contribution in [3.63, 3.8) is 0 Å². The summed E-state index contributed by atoms with van der Waals surface area (Å²) < 4.78 is 63.7. The first-order chi connectivity index (χ1) is 9.00. The minimum Gasteiger partial charge on any atom is -0.493 e. The molecule has 0 aliphatic heterocycles. The normalized spacial score (nSPS) is 12.5. The van der Waals surface area contributed by atoms with Gasteiger partial charge in [0.15, 0.2) is 0 Å². The molecule has 1 aromatic rings. The van der Waals surface area contributed by atoms with Gasteiger partial charge in [-0.05, 0) is 43.5 Å². The fraction of sp³-hybridized carbons (Fsp3) is 0.500. The van der Waals surface area contributed by atoms with Crippen LogP contribution < -0.4 is 4.74 Å². The molecule has 0 saturated heterocycles. The van der Waals surface area contributed by atoms with E-state index in [2.05, 4.69) is 0 Å². The Hall–Kier alpha value is -0.950. The number of rotatable bonds is 5. The quantitative estimate of drug-likeness (QED) is 0.606. The van der Waals surface area contributed by atoms with Crippen molar-refractivity contribution in [2.24, 2.45) is 0 Å². The topological polar surface area (TPSA) is 43.4 Å². The maximum atomic E-state index is 12.0. The van der Waals surface area contributed by atoms with E-state index < -0.39 is 21.6 Å². The summed E-state index contributed by atoms with van der Waals surface area (Å²) in [4.78, 5) is -0.0284. The van der Waals surface area contributed by atoms with Gasteiger partial charge in [-0.2, -0.15) is 13.2 Å². The third-order valence-corrected chi connectivity index (χ3v) is 4.06. The second-order valence-electron chi connectivity index (χ2n) is 4.39. The Morgan fingerprint density at radius 2 is 1.80 bits per heavy atom. The third kappa shape index (κ3) is 5.20. The lowest BCUT2D eigenvalue weighted by atomic mass is 10.1. The van der Waals surface area contributed by atoms with Crippen LogP contribution in [0.4, 0.5) is 13.2 Å². The predicted molar refractivity (Wildman–Crippen MR) is 69.7 cm³/mol. The molecule has 0 bridgehead atoms. The molecule has 114 valence electrons. The highest BCUT2D eigenvalue weighted by Crippen LogP contribution is 2.28. The molecule has 1 rings (SSSR count). The van der Waals surface area contributed by atoms with E-state index in [4.69, 9.17) is 15.4 Å². The average molecular weight is 331 g/mol. The Kier molecular flexibility index (Phi) is 5.32. The lowest BCUT2D eigenvalue weighted by Gasteiger charge is -2.12. The summed E-state index contributed by atoms with van der Waals surface area (Å²) in [5, 5.41) is 0. The van der Waals surface area contributed by atoms with Crippen molar-refractivity contribution in [1.29, 1.82) is 0 Å². The number of alkyl halides is 3. The van der Waals surface area contributed by atoms with Gasteiger partial charge in [0.2, 0.25) is 0 Å². The molecule has 0 aromatic heterocycles. The minimum absolute atomic E-state index is 0.0284. The molecule has 3 nitrogen and oxygen atoms in total. The molecule has 8 heteroatoms. The summed E-state index contributed by atoms with van der Waals surface area (Å²) in [6, 6.07) is 2.80. The van der Waals surface area contributed by atoms with Crippen molar-refractivity contribution in [3.8, 4) is 5.75 Å². The van der Waals surface area contributed by atoms with Crippen molar-refractivity contribution >= 4 is 19.7 Å². The van der Waals surface area contributed by atoms with Gasteiger partial charge in [-0.15, -0.1) is 0 Å². The molecule has 20 heavy (non-hydrogen) atoms. The van der Waals surface area contributed by atoms with Gasteiger partial charge in [0, 0.05) is 17.1 Å². The molecule has 0 saturated carbocycles. The first-order valence-corrected chi connectivity index (χ1v) is 8.07. The zero-order valence-corrected chi connectivity index (χ0v) is 12.5. The minimum atomic E-state index is -4.20. The van der Waals surface area contributed by atoms with Gasteiger partial charge in [-0.3, -0.25) is 0 Å². The Balaban J connectivity index is 2.76. The van der Waals surface area contributed by atoms with Crippen LogP contribution in [0.2, 0.25) is 0 Å². The largest absolute Gasteiger partial charge is 0.493 e. The second-order valence-corrected chi connectivity index (χ2v) is 6.92. The van der Waals surface area contributed by atoms with E-state index in [1.54, 1.807) is 6.92 Å². The molecule has 0 radical (unpaired) electrons. The van der Waals surface area contributed by atoms with Crippen molar-refractivity contribution < 1.29 is 26.3 Å². The fourth-order valence-electron chi connectivity index (χ4n) is 1.64. The number of ether oxygens (including phenoxy) is 1. The maximum absolute atomic E-state index is 12.0. The van der Waals surface area contributed by atoms with Crippen LogP contribution in [-0.2, 0) is 9.05 Å². The lowest BCUT2D eigenvalue weighted by Crippen LogP contribution is -2.10. The summed E-state index contributed by atoms with van der Waals surface area (Å²) in [5.74, 6) is 0.355. The monoisotopic (exact) mass is 330 g/mol. The van der Waals surface area contributed by atoms with Gasteiger partial charge >= 0.3 is 6.18 Å². The zero-order chi connectivity index (χ0) is 15.6. The van der Waals surface area contributed by atoms with Gasteiger partial charge in [0.05, 0.1) is 11.5 Å². The van der Waals surface area contributed by atoms with E-state index in [1.807, 2.05) is 0 Å². The van der Waals surface area contributed by atoms with Gasteiger partial charge in [0.25, 0.3) is 9.05 Å². The van der Waals surface area contributed by atoms with Crippen LogP contribution in [0.15, 0.2) is 17.0 Å². The number of aryl methyl sites for hydroxylation is 2. The van der Waals surface area contributed by atoms with E-state index in [0.717, 1.165) is 0 Å². The van der Waals surface area contributed by atoms with E-state index in [-0.39, 0.29) is 17.9 Å². The van der Waals surface area contributed by atoms with Crippen LogP contribution in [0.25, 0.3) is 0 Å². The zero-order valence-electron chi connectivity index (χ0n) is 10.9. The number of hydrogen-bond donors (Lipinski definition) is 0. The van der Waals surface area contributed by atoms with E-state index in [9.17, 15) is 21.6 Å². The van der Waals surface area contributed by atoms with E-state index in [1.165, 1.54) is 19.1 Å². The summed E-state index contributed by atoms with van der Waals surface area (Å²) >= 11 is 0. The van der Waals surface area contributed by atoms with Gasteiger partial charge in [-0.1, -0.05) is 0 Å². The summed E-state index contributed by atoms with van der Waals surface area (Å²) in [5.41, 5.74) is 0.887. The van der Waals surface area contributed by atoms with Crippen LogP contribution in [0.1, 0.15) is 24.0 Å². The Labute approximate surface area is 120 Å². The first kappa shape index (κ1) is 17.1. The van der Waals surface area contributed by atoms with E-state index >= 15 is 0 Å². The highest BCUT2D eigenvalue weighted by atomic mass is 35.7. The maximum Gasteiger partial charge on any atom is 0.389 e. The molecule has 0 heterocycles. The molecule has 0 N–H and O–H groups in total. The molecule has 0 amide bonds. The smallest absolute Gasteiger partial charge is 0.389 e. The summed E-state index contributed by atoms with van der Waals surface area (Å²) in [6.07, 6.45) is -5.28. The van der Waals surface area contributed by atoms with Gasteiger partial charge < -0.3 is 4.74 Å². The SMILES string of the molecule is Cc1cc(S(=O)(=O)Cl)c(C)cc1OCCCC(F)(F)F. The van der Waals surface area contributed by atoms with Crippen LogP contribution in [0, 0.1) is 13.8 Å². The Bertz CT molecular complexity index is 582. The van der Waals surface area contributed by atoms with Crippen molar-refractivity contribution in [3.05, 3.63) is 23.3 Å². The second kappa shape index (κ2) is 6.22. The molecular formula is C12H14ClF3O3S. The number of hydrogen-bond acceptors (Lipinski definition) is 3. The van der Waals surface area contributed by atoms with Crippen LogP contribution >= 0.6 is 10.7 Å². The Morgan fingerprint density at radius 3 is 2.30 bits per heavy atom. The summed E-state index contributed by atoms with van der Waals surface area (Å²) in [7, 11) is 1.42. The lowest BCUT2D eigenvalue weighted by molar-refractivity contribution is -0.136. The number of benzene rings is 1. The van der Waals surface area contributed by atoms with E-state index in [0.29, 0.717) is 16.9 Å². The summed E-state index contributed by atoms with van der Waals surface area (Å²) in [6.45, 7) is 3.05. The van der Waals surface area contributed by atoms with Crippen molar-refractivity contribution in [1.82, 2.24) is 0 Å². The van der Waals surface area contributed by atoms with Crippen LogP contribution in [0.5, 0.6) is 5.75 Å². The van der Waals surface area contributed by atoms with Crippen molar-refractivity contribution in [2.75, 3.05) is 6.61 Å². The standard InChI is InChI=1S/C12H14ClF3O3S/c1-8-7-11(20(13,17)18)9(2)6-10(8)19-5-3-4-12(14,15)16/h6-7H,3-5H2,1-2H3. The van der Waals surface area contributed by atoms with Crippen molar-refractivity contribution in [2.45, 2.75) is 37.8 Å². The molecule has 0 spiro atoms. The highest BCUT2D eigenvalue weighted by Gasteiger charge is 2.26. The average Bonchev–Trinajstić information content (AvgIpc) is 2.25. The van der Waals surface area contributed by atoms with Gasteiger partial charge in [0.1, 0.15) is 5.75 Å². The molecule has 1 aromatic carbocycles. The highest BCUT2D eigenvalue weighted by molar-refractivity contribution is 8.13. The van der Waals surface area contributed by atoms with Crippen LogP contribution in [0.3, 0.4) is 0 Å².